The van der Waals surface area contributed by atoms with Crippen LogP contribution in [0.3, 0.4) is 0 Å². The van der Waals surface area contributed by atoms with Crippen molar-refractivity contribution in [1.82, 2.24) is 0 Å². The topological polar surface area (TPSA) is 9.23 Å². The molecule has 0 saturated heterocycles. The third kappa shape index (κ3) is 3.41. The standard InChI is InChI=1S/C15H20OS/c1-2-4-12(5-3-1)16-13-6-8-14(9-7-13)17-15-10-11-15/h6-9,12,15H,1-5,10-11H2. The van der Waals surface area contributed by atoms with Gasteiger partial charge in [-0.25, -0.2) is 0 Å². The molecule has 1 nitrogen and oxygen atoms in total. The normalized spacial score (nSPS) is 21.4. The number of hydrogen-bond acceptors (Lipinski definition) is 2. The SMILES string of the molecule is c1cc(SC2CC2)ccc1OC1CCCCC1. The maximum absolute atomic E-state index is 6.02. The van der Waals surface area contributed by atoms with Gasteiger partial charge in [0.15, 0.2) is 0 Å². The molecule has 2 heteroatoms. The smallest absolute Gasteiger partial charge is 0.119 e. The highest BCUT2D eigenvalue weighted by atomic mass is 32.2. The van der Waals surface area contributed by atoms with Crippen molar-refractivity contribution in [3.63, 3.8) is 0 Å². The van der Waals surface area contributed by atoms with Crippen molar-refractivity contribution >= 4 is 11.8 Å². The molecule has 0 N–H and O–H groups in total. The minimum absolute atomic E-state index is 0.464. The molecule has 1 aromatic carbocycles. The average molecular weight is 248 g/mol. The fraction of sp³-hybridized carbons (Fsp3) is 0.600. The summed E-state index contributed by atoms with van der Waals surface area (Å²) < 4.78 is 6.02. The van der Waals surface area contributed by atoms with Crippen LogP contribution in [0.5, 0.6) is 5.75 Å². The molecule has 2 aliphatic rings. The second kappa shape index (κ2) is 5.34. The minimum atomic E-state index is 0.464. The van der Waals surface area contributed by atoms with Gasteiger partial charge >= 0.3 is 0 Å². The second-order valence-corrected chi connectivity index (χ2v) is 6.54. The van der Waals surface area contributed by atoms with E-state index in [4.69, 9.17) is 4.74 Å². The van der Waals surface area contributed by atoms with Gasteiger partial charge in [-0.1, -0.05) is 6.42 Å². The zero-order valence-corrected chi connectivity index (χ0v) is 11.0. The molecule has 92 valence electrons. The molecule has 0 aliphatic heterocycles. The molecule has 17 heavy (non-hydrogen) atoms. The molecule has 0 spiro atoms. The van der Waals surface area contributed by atoms with Crippen LogP contribution in [0.4, 0.5) is 0 Å². The summed E-state index contributed by atoms with van der Waals surface area (Å²) in [5, 5.41) is 0.889. The molecule has 1 aromatic rings. The lowest BCUT2D eigenvalue weighted by Crippen LogP contribution is -2.19. The highest BCUT2D eigenvalue weighted by Crippen LogP contribution is 2.39. The van der Waals surface area contributed by atoms with Crippen LogP contribution in [-0.4, -0.2) is 11.4 Å². The molecule has 3 rings (SSSR count). The van der Waals surface area contributed by atoms with Crippen LogP contribution in [0, 0.1) is 0 Å². The fourth-order valence-electron chi connectivity index (χ4n) is 2.35. The number of hydrogen-bond donors (Lipinski definition) is 0. The lowest BCUT2D eigenvalue weighted by Gasteiger charge is -2.23. The summed E-state index contributed by atoms with van der Waals surface area (Å²) in [6.45, 7) is 0. The first-order chi connectivity index (χ1) is 8.40. The van der Waals surface area contributed by atoms with Crippen LogP contribution in [0.2, 0.25) is 0 Å². The Hall–Kier alpha value is -0.630. The van der Waals surface area contributed by atoms with Gasteiger partial charge in [0, 0.05) is 10.1 Å². The molecule has 0 radical (unpaired) electrons. The Kier molecular flexibility index (Phi) is 3.60. The van der Waals surface area contributed by atoms with E-state index in [-0.39, 0.29) is 0 Å². The van der Waals surface area contributed by atoms with E-state index in [0.29, 0.717) is 6.10 Å². The molecular weight excluding hydrogens is 228 g/mol. The number of rotatable bonds is 4. The van der Waals surface area contributed by atoms with Gasteiger partial charge in [0.25, 0.3) is 0 Å². The van der Waals surface area contributed by atoms with E-state index in [9.17, 15) is 0 Å². The van der Waals surface area contributed by atoms with Gasteiger partial charge in [-0.3, -0.25) is 0 Å². The molecule has 0 amide bonds. The zero-order chi connectivity index (χ0) is 11.5. The molecule has 0 heterocycles. The fourth-order valence-corrected chi connectivity index (χ4v) is 3.40. The Morgan fingerprint density at radius 2 is 1.59 bits per heavy atom. The quantitative estimate of drug-likeness (QED) is 0.767. The number of ether oxygens (including phenoxy) is 1. The largest absolute Gasteiger partial charge is 0.490 e. The molecule has 2 saturated carbocycles. The van der Waals surface area contributed by atoms with Crippen LogP contribution in [0.25, 0.3) is 0 Å². The maximum atomic E-state index is 6.02. The summed E-state index contributed by atoms with van der Waals surface area (Å²) in [7, 11) is 0. The van der Waals surface area contributed by atoms with Crippen molar-refractivity contribution in [2.75, 3.05) is 0 Å². The summed E-state index contributed by atoms with van der Waals surface area (Å²) in [5.74, 6) is 1.05. The van der Waals surface area contributed by atoms with Gasteiger partial charge in [-0.15, -0.1) is 11.8 Å². The summed E-state index contributed by atoms with van der Waals surface area (Å²) in [4.78, 5) is 1.39. The first kappa shape index (κ1) is 11.5. The van der Waals surface area contributed by atoms with Crippen LogP contribution >= 0.6 is 11.8 Å². The van der Waals surface area contributed by atoms with E-state index in [1.54, 1.807) is 0 Å². The average Bonchev–Trinajstić information content (AvgIpc) is 3.17. The summed E-state index contributed by atoms with van der Waals surface area (Å²) in [6.07, 6.45) is 9.77. The Balaban J connectivity index is 1.55. The molecule has 0 aromatic heterocycles. The molecule has 0 bridgehead atoms. The van der Waals surface area contributed by atoms with Crippen molar-refractivity contribution in [3.05, 3.63) is 24.3 Å². The first-order valence-corrected chi connectivity index (χ1v) is 7.71. The van der Waals surface area contributed by atoms with E-state index >= 15 is 0 Å². The van der Waals surface area contributed by atoms with Gasteiger partial charge in [0.05, 0.1) is 6.10 Å². The van der Waals surface area contributed by atoms with E-state index in [1.165, 1.54) is 49.8 Å². The van der Waals surface area contributed by atoms with Crippen molar-refractivity contribution in [2.24, 2.45) is 0 Å². The van der Waals surface area contributed by atoms with Gasteiger partial charge in [0.1, 0.15) is 5.75 Å². The molecular formula is C15H20OS. The monoisotopic (exact) mass is 248 g/mol. The zero-order valence-electron chi connectivity index (χ0n) is 10.2. The predicted molar refractivity (Wildman–Crippen MR) is 72.8 cm³/mol. The second-order valence-electron chi connectivity index (χ2n) is 5.17. The van der Waals surface area contributed by atoms with Crippen LogP contribution in [0.15, 0.2) is 29.2 Å². The number of benzene rings is 1. The van der Waals surface area contributed by atoms with Gasteiger partial charge < -0.3 is 4.74 Å². The number of thioether (sulfide) groups is 1. The lowest BCUT2D eigenvalue weighted by atomic mass is 9.98. The summed E-state index contributed by atoms with van der Waals surface area (Å²) in [6, 6.07) is 8.70. The Morgan fingerprint density at radius 1 is 0.882 bits per heavy atom. The predicted octanol–water partition coefficient (Wildman–Crippen LogP) is 4.65. The van der Waals surface area contributed by atoms with E-state index < -0.39 is 0 Å². The summed E-state index contributed by atoms with van der Waals surface area (Å²) >= 11 is 2.01. The Bertz CT molecular complexity index is 350. The molecule has 0 atom stereocenters. The van der Waals surface area contributed by atoms with E-state index in [1.807, 2.05) is 11.8 Å². The maximum Gasteiger partial charge on any atom is 0.119 e. The van der Waals surface area contributed by atoms with Crippen molar-refractivity contribution in [2.45, 2.75) is 61.2 Å². The van der Waals surface area contributed by atoms with Gasteiger partial charge in [-0.05, 0) is 62.8 Å². The molecule has 2 fully saturated rings. The Labute approximate surface area is 108 Å². The first-order valence-electron chi connectivity index (χ1n) is 6.83. The van der Waals surface area contributed by atoms with Crippen molar-refractivity contribution in [1.29, 1.82) is 0 Å². The summed E-state index contributed by atoms with van der Waals surface area (Å²) in [5.41, 5.74) is 0. The molecule has 2 aliphatic carbocycles. The lowest BCUT2D eigenvalue weighted by molar-refractivity contribution is 0.155. The van der Waals surface area contributed by atoms with Crippen molar-refractivity contribution in [3.8, 4) is 5.75 Å². The highest BCUT2D eigenvalue weighted by Gasteiger charge is 2.22. The third-order valence-corrected chi connectivity index (χ3v) is 4.85. The third-order valence-electron chi connectivity index (χ3n) is 3.51. The van der Waals surface area contributed by atoms with E-state index in [2.05, 4.69) is 24.3 Å². The molecule has 0 unspecified atom stereocenters. The van der Waals surface area contributed by atoms with Crippen LogP contribution in [0.1, 0.15) is 44.9 Å². The highest BCUT2D eigenvalue weighted by molar-refractivity contribution is 8.00. The van der Waals surface area contributed by atoms with E-state index in [0.717, 1.165) is 11.0 Å². The van der Waals surface area contributed by atoms with Crippen LogP contribution < -0.4 is 4.74 Å². The minimum Gasteiger partial charge on any atom is -0.490 e. The van der Waals surface area contributed by atoms with Gasteiger partial charge in [0.2, 0.25) is 0 Å². The van der Waals surface area contributed by atoms with Gasteiger partial charge in [-0.2, -0.15) is 0 Å². The van der Waals surface area contributed by atoms with Crippen molar-refractivity contribution < 1.29 is 4.74 Å². The van der Waals surface area contributed by atoms with Crippen LogP contribution in [-0.2, 0) is 0 Å². The Morgan fingerprint density at radius 3 is 2.24 bits per heavy atom.